The Labute approximate surface area is 164 Å². The van der Waals surface area contributed by atoms with E-state index in [0.717, 1.165) is 49.7 Å². The molecule has 1 aromatic carbocycles. The summed E-state index contributed by atoms with van der Waals surface area (Å²) in [6, 6.07) is 7.80. The third kappa shape index (κ3) is 4.00. The number of carbonyl (C=O) groups excluding carboxylic acids is 1. The van der Waals surface area contributed by atoms with Crippen LogP contribution in [0.25, 0.3) is 0 Å². The van der Waals surface area contributed by atoms with E-state index >= 15 is 0 Å². The minimum atomic E-state index is 0.177. The van der Waals surface area contributed by atoms with E-state index < -0.39 is 0 Å². The molecule has 2 aliphatic rings. The Balaban J connectivity index is 1.54. The Morgan fingerprint density at radius 2 is 2.15 bits per heavy atom. The molecule has 1 N–H and O–H groups in total. The van der Waals surface area contributed by atoms with Gasteiger partial charge in [0.05, 0.1) is 6.20 Å². The van der Waals surface area contributed by atoms with Crippen molar-refractivity contribution < 1.29 is 4.79 Å². The summed E-state index contributed by atoms with van der Waals surface area (Å²) in [5, 5.41) is 3.83. The molecule has 1 unspecified atom stereocenters. The number of amides is 1. The van der Waals surface area contributed by atoms with Crippen LogP contribution in [0.5, 0.6) is 0 Å². The summed E-state index contributed by atoms with van der Waals surface area (Å²) in [6.45, 7) is 4.96. The summed E-state index contributed by atoms with van der Waals surface area (Å²) < 4.78 is 0. The van der Waals surface area contributed by atoms with Gasteiger partial charge in [0.15, 0.2) is 5.82 Å². The number of rotatable bonds is 4. The Kier molecular flexibility index (Phi) is 5.16. The number of nitrogens with zero attached hydrogens (tertiary/aromatic N) is 4. The number of halogens is 1. The molecule has 0 saturated carbocycles. The molecule has 1 amide bonds. The van der Waals surface area contributed by atoms with Gasteiger partial charge in [-0.1, -0.05) is 24.6 Å². The minimum Gasteiger partial charge on any atom is -0.355 e. The lowest BCUT2D eigenvalue weighted by Crippen LogP contribution is -2.35. The number of hydrogen-bond acceptors (Lipinski definition) is 5. The largest absolute Gasteiger partial charge is 0.355 e. The first-order valence-corrected chi connectivity index (χ1v) is 9.93. The van der Waals surface area contributed by atoms with Crippen LogP contribution in [0.4, 0.5) is 23.1 Å². The van der Waals surface area contributed by atoms with Crippen molar-refractivity contribution in [1.82, 2.24) is 9.97 Å². The van der Waals surface area contributed by atoms with Gasteiger partial charge in [0, 0.05) is 37.4 Å². The van der Waals surface area contributed by atoms with Gasteiger partial charge >= 0.3 is 0 Å². The topological polar surface area (TPSA) is 61.4 Å². The molecule has 1 atom stereocenters. The van der Waals surface area contributed by atoms with Crippen LogP contribution >= 0.6 is 11.6 Å². The number of nitrogens with one attached hydrogen (secondary N) is 1. The Morgan fingerprint density at radius 3 is 2.93 bits per heavy atom. The summed E-state index contributed by atoms with van der Waals surface area (Å²) in [7, 11) is 0. The minimum absolute atomic E-state index is 0.177. The highest BCUT2D eigenvalue weighted by atomic mass is 35.5. The molecule has 0 aliphatic carbocycles. The van der Waals surface area contributed by atoms with Crippen molar-refractivity contribution in [3.8, 4) is 0 Å². The number of carbonyl (C=O) groups is 1. The van der Waals surface area contributed by atoms with Gasteiger partial charge in [0.1, 0.15) is 5.02 Å². The van der Waals surface area contributed by atoms with E-state index in [1.165, 1.54) is 6.42 Å². The average molecular weight is 386 g/mol. The molecule has 0 spiro atoms. The molecule has 2 aliphatic heterocycles. The number of aromatic nitrogens is 2. The lowest BCUT2D eigenvalue weighted by molar-refractivity contribution is -0.117. The van der Waals surface area contributed by atoms with Crippen LogP contribution in [0, 0.1) is 5.92 Å². The van der Waals surface area contributed by atoms with Crippen molar-refractivity contribution in [1.29, 1.82) is 0 Å². The summed E-state index contributed by atoms with van der Waals surface area (Å²) in [6.07, 6.45) is 5.58. The van der Waals surface area contributed by atoms with Gasteiger partial charge in [-0.05, 0) is 43.4 Å². The van der Waals surface area contributed by atoms with E-state index in [1.807, 2.05) is 29.2 Å². The molecular formula is C20H24ClN5O. The second-order valence-corrected chi connectivity index (χ2v) is 7.79. The van der Waals surface area contributed by atoms with Gasteiger partial charge in [-0.3, -0.25) is 4.79 Å². The molecule has 2 aromatic rings. The second-order valence-electron chi connectivity index (χ2n) is 7.38. The van der Waals surface area contributed by atoms with Crippen LogP contribution in [0.2, 0.25) is 5.02 Å². The van der Waals surface area contributed by atoms with Crippen LogP contribution in [-0.2, 0) is 4.79 Å². The zero-order valence-electron chi connectivity index (χ0n) is 15.5. The average Bonchev–Trinajstić information content (AvgIpc) is 3.09. The fourth-order valence-electron chi connectivity index (χ4n) is 3.82. The highest BCUT2D eigenvalue weighted by Gasteiger charge is 2.22. The number of anilines is 4. The molecule has 0 radical (unpaired) electrons. The lowest BCUT2D eigenvalue weighted by atomic mass is 10.0. The Hall–Kier alpha value is -2.34. The SMILES string of the molecule is CC1CCCN(c2nc(Nc3cccc(N4CCCC4=O)c3)ncc2Cl)C1. The fraction of sp³-hybridized carbons (Fsp3) is 0.450. The first-order chi connectivity index (χ1) is 13.1. The number of benzene rings is 1. The van der Waals surface area contributed by atoms with Gasteiger partial charge in [-0.25, -0.2) is 4.98 Å². The second kappa shape index (κ2) is 7.72. The summed E-state index contributed by atoms with van der Waals surface area (Å²) in [5.41, 5.74) is 1.76. The van der Waals surface area contributed by atoms with Crippen LogP contribution in [0.1, 0.15) is 32.6 Å². The molecule has 3 heterocycles. The summed E-state index contributed by atoms with van der Waals surface area (Å²) in [4.78, 5) is 25.0. The van der Waals surface area contributed by atoms with Crippen LogP contribution < -0.4 is 15.1 Å². The number of piperidine rings is 1. The zero-order valence-corrected chi connectivity index (χ0v) is 16.2. The van der Waals surface area contributed by atoms with Crippen molar-refractivity contribution >= 4 is 40.6 Å². The molecule has 0 bridgehead atoms. The van der Waals surface area contributed by atoms with Crippen molar-refractivity contribution in [2.75, 3.05) is 34.8 Å². The van der Waals surface area contributed by atoms with E-state index in [4.69, 9.17) is 11.6 Å². The Morgan fingerprint density at radius 1 is 1.26 bits per heavy atom. The van der Waals surface area contributed by atoms with Crippen molar-refractivity contribution in [2.24, 2.45) is 5.92 Å². The molecule has 2 saturated heterocycles. The first-order valence-electron chi connectivity index (χ1n) is 9.55. The van der Waals surface area contributed by atoms with Gasteiger partial charge < -0.3 is 15.1 Å². The van der Waals surface area contributed by atoms with Gasteiger partial charge in [-0.15, -0.1) is 0 Å². The quantitative estimate of drug-likeness (QED) is 0.853. The fourth-order valence-corrected chi connectivity index (χ4v) is 4.03. The predicted octanol–water partition coefficient (Wildman–Crippen LogP) is 4.24. The highest BCUT2D eigenvalue weighted by molar-refractivity contribution is 6.32. The third-order valence-corrected chi connectivity index (χ3v) is 5.44. The smallest absolute Gasteiger partial charge is 0.229 e. The maximum atomic E-state index is 12.0. The van der Waals surface area contributed by atoms with Gasteiger partial charge in [-0.2, -0.15) is 4.98 Å². The third-order valence-electron chi connectivity index (χ3n) is 5.17. The van der Waals surface area contributed by atoms with E-state index in [-0.39, 0.29) is 5.91 Å². The monoisotopic (exact) mass is 385 g/mol. The standard InChI is InChI=1S/C20H24ClN5O/c1-14-5-3-9-25(13-14)19-17(21)12-22-20(24-19)23-15-6-2-7-16(11-15)26-10-4-8-18(26)27/h2,6-7,11-12,14H,3-5,8-10,13H2,1H3,(H,22,23,24). The molecule has 4 rings (SSSR count). The van der Waals surface area contributed by atoms with Crippen LogP contribution in [0.3, 0.4) is 0 Å². The molecule has 142 valence electrons. The maximum absolute atomic E-state index is 12.0. The van der Waals surface area contributed by atoms with E-state index in [2.05, 4.69) is 27.1 Å². The molecular weight excluding hydrogens is 362 g/mol. The maximum Gasteiger partial charge on any atom is 0.229 e. The van der Waals surface area contributed by atoms with Crippen molar-refractivity contribution in [3.05, 3.63) is 35.5 Å². The lowest BCUT2D eigenvalue weighted by Gasteiger charge is -2.32. The predicted molar refractivity (Wildman–Crippen MR) is 109 cm³/mol. The first kappa shape index (κ1) is 18.0. The normalized spacial score (nSPS) is 20.2. The molecule has 2 fully saturated rings. The van der Waals surface area contributed by atoms with Gasteiger partial charge in [0.25, 0.3) is 0 Å². The summed E-state index contributed by atoms with van der Waals surface area (Å²) in [5.74, 6) is 2.11. The van der Waals surface area contributed by atoms with Crippen molar-refractivity contribution in [3.63, 3.8) is 0 Å². The molecule has 1 aromatic heterocycles. The molecule has 27 heavy (non-hydrogen) atoms. The van der Waals surface area contributed by atoms with Crippen LogP contribution in [-0.4, -0.2) is 35.5 Å². The highest BCUT2D eigenvalue weighted by Crippen LogP contribution is 2.30. The van der Waals surface area contributed by atoms with Crippen molar-refractivity contribution in [2.45, 2.75) is 32.6 Å². The summed E-state index contributed by atoms with van der Waals surface area (Å²) >= 11 is 6.37. The zero-order chi connectivity index (χ0) is 18.8. The Bertz CT molecular complexity index is 843. The number of hydrogen-bond donors (Lipinski definition) is 1. The molecule has 6 nitrogen and oxygen atoms in total. The van der Waals surface area contributed by atoms with Gasteiger partial charge in [0.2, 0.25) is 11.9 Å². The van der Waals surface area contributed by atoms with Crippen LogP contribution in [0.15, 0.2) is 30.5 Å². The van der Waals surface area contributed by atoms with E-state index in [9.17, 15) is 4.79 Å². The molecule has 7 heteroatoms. The van der Waals surface area contributed by atoms with E-state index in [0.29, 0.717) is 23.3 Å². The van der Waals surface area contributed by atoms with E-state index in [1.54, 1.807) is 6.20 Å².